The van der Waals surface area contributed by atoms with Gasteiger partial charge in [0.1, 0.15) is 5.82 Å². The Morgan fingerprint density at radius 2 is 1.88 bits per heavy atom. The second-order valence-corrected chi connectivity index (χ2v) is 4.57. The van der Waals surface area contributed by atoms with E-state index in [2.05, 4.69) is 26.1 Å². The van der Waals surface area contributed by atoms with Crippen LogP contribution in [0.25, 0.3) is 11.1 Å². The lowest BCUT2D eigenvalue weighted by Crippen LogP contribution is -1.91. The van der Waals surface area contributed by atoms with E-state index < -0.39 is 5.82 Å². The molecule has 0 bridgehead atoms. The maximum atomic E-state index is 13.8. The number of hydrogen-bond acceptors (Lipinski definition) is 2. The Morgan fingerprint density at radius 3 is 2.62 bits per heavy atom. The smallest absolute Gasteiger partial charge is 0.159 e. The first-order chi connectivity index (χ1) is 7.59. The molecular formula is C10H4BrCl2FN2. The zero-order valence-corrected chi connectivity index (χ0v) is 10.8. The van der Waals surface area contributed by atoms with E-state index in [1.54, 1.807) is 18.2 Å². The summed E-state index contributed by atoms with van der Waals surface area (Å²) in [4.78, 5) is 0. The highest BCUT2D eigenvalue weighted by Gasteiger charge is 2.13. The molecule has 0 radical (unpaired) electrons. The van der Waals surface area contributed by atoms with E-state index in [9.17, 15) is 4.39 Å². The summed E-state index contributed by atoms with van der Waals surface area (Å²) in [5.41, 5.74) is 0.747. The van der Waals surface area contributed by atoms with Gasteiger partial charge >= 0.3 is 0 Å². The minimum atomic E-state index is -0.409. The minimum Gasteiger partial charge on any atom is -0.205 e. The van der Waals surface area contributed by atoms with Crippen LogP contribution >= 0.6 is 39.1 Å². The van der Waals surface area contributed by atoms with Gasteiger partial charge in [-0.2, -0.15) is 0 Å². The highest BCUT2D eigenvalue weighted by Crippen LogP contribution is 2.32. The van der Waals surface area contributed by atoms with Crippen LogP contribution in [0, 0.1) is 5.82 Å². The molecule has 0 unspecified atom stereocenters. The van der Waals surface area contributed by atoms with E-state index in [4.69, 9.17) is 23.2 Å². The molecule has 2 aromatic rings. The SMILES string of the molecule is Fc1c(Br)cccc1-c1cc(Cl)nnc1Cl. The summed E-state index contributed by atoms with van der Waals surface area (Å²) >= 11 is 14.6. The Kier molecular flexibility index (Phi) is 3.42. The van der Waals surface area contributed by atoms with Gasteiger partial charge in [0.05, 0.1) is 4.47 Å². The molecule has 1 heterocycles. The Bertz CT molecular complexity index is 548. The van der Waals surface area contributed by atoms with Crippen molar-refractivity contribution in [1.29, 1.82) is 0 Å². The summed E-state index contributed by atoms with van der Waals surface area (Å²) in [6.07, 6.45) is 0. The molecule has 0 aliphatic carbocycles. The molecule has 2 rings (SSSR count). The third-order valence-electron chi connectivity index (χ3n) is 1.96. The first-order valence-corrected chi connectivity index (χ1v) is 5.77. The lowest BCUT2D eigenvalue weighted by Gasteiger charge is -2.06. The van der Waals surface area contributed by atoms with Crippen molar-refractivity contribution >= 4 is 39.1 Å². The van der Waals surface area contributed by atoms with Crippen LogP contribution in [0.4, 0.5) is 4.39 Å². The van der Waals surface area contributed by atoms with E-state index in [1.165, 1.54) is 6.07 Å². The van der Waals surface area contributed by atoms with Crippen molar-refractivity contribution in [2.75, 3.05) is 0 Å². The third-order valence-corrected chi connectivity index (χ3v) is 3.04. The third kappa shape index (κ3) is 2.19. The monoisotopic (exact) mass is 320 g/mol. The van der Waals surface area contributed by atoms with Crippen molar-refractivity contribution in [3.63, 3.8) is 0 Å². The predicted molar refractivity (Wildman–Crippen MR) is 65.1 cm³/mol. The van der Waals surface area contributed by atoms with Crippen molar-refractivity contribution in [3.8, 4) is 11.1 Å². The van der Waals surface area contributed by atoms with Crippen molar-refractivity contribution in [3.05, 3.63) is 44.9 Å². The van der Waals surface area contributed by atoms with Crippen LogP contribution in [0.15, 0.2) is 28.7 Å². The van der Waals surface area contributed by atoms with Crippen LogP contribution in [0.2, 0.25) is 10.3 Å². The Labute approximate surface area is 110 Å². The number of halogens is 4. The van der Waals surface area contributed by atoms with E-state index >= 15 is 0 Å². The molecule has 0 spiro atoms. The van der Waals surface area contributed by atoms with Gasteiger partial charge in [-0.1, -0.05) is 35.3 Å². The summed E-state index contributed by atoms with van der Waals surface area (Å²) in [5, 5.41) is 7.47. The number of hydrogen-bond donors (Lipinski definition) is 0. The van der Waals surface area contributed by atoms with Gasteiger partial charge in [-0.05, 0) is 28.1 Å². The maximum absolute atomic E-state index is 13.8. The van der Waals surface area contributed by atoms with Gasteiger partial charge < -0.3 is 0 Å². The minimum absolute atomic E-state index is 0.112. The van der Waals surface area contributed by atoms with Gasteiger partial charge in [0.25, 0.3) is 0 Å². The molecule has 1 aromatic heterocycles. The Hall–Kier alpha value is -0.710. The van der Waals surface area contributed by atoms with Crippen LogP contribution in [0.3, 0.4) is 0 Å². The first kappa shape index (κ1) is 11.8. The van der Waals surface area contributed by atoms with E-state index in [-0.39, 0.29) is 10.3 Å². The number of nitrogens with zero attached hydrogens (tertiary/aromatic N) is 2. The van der Waals surface area contributed by atoms with E-state index in [0.717, 1.165) is 0 Å². The van der Waals surface area contributed by atoms with Crippen molar-refractivity contribution < 1.29 is 4.39 Å². The molecule has 1 aromatic carbocycles. The molecule has 0 aliphatic heterocycles. The molecule has 82 valence electrons. The van der Waals surface area contributed by atoms with Gasteiger partial charge in [0.2, 0.25) is 0 Å². The topological polar surface area (TPSA) is 25.8 Å². The van der Waals surface area contributed by atoms with Crippen LogP contribution in [0.5, 0.6) is 0 Å². The summed E-state index contributed by atoms with van der Waals surface area (Å²) < 4.78 is 14.2. The average Bonchev–Trinajstić information content (AvgIpc) is 2.26. The molecule has 0 saturated carbocycles. The molecule has 0 fully saturated rings. The van der Waals surface area contributed by atoms with Crippen LogP contribution in [-0.4, -0.2) is 10.2 Å². The highest BCUT2D eigenvalue weighted by atomic mass is 79.9. The molecule has 16 heavy (non-hydrogen) atoms. The summed E-state index contributed by atoms with van der Waals surface area (Å²) in [6.45, 7) is 0. The van der Waals surface area contributed by atoms with Crippen molar-refractivity contribution in [1.82, 2.24) is 10.2 Å². The molecule has 6 heteroatoms. The van der Waals surface area contributed by atoms with Gasteiger partial charge in [-0.3, -0.25) is 0 Å². The van der Waals surface area contributed by atoms with Crippen LogP contribution in [-0.2, 0) is 0 Å². The zero-order chi connectivity index (χ0) is 11.7. The fourth-order valence-electron chi connectivity index (χ4n) is 1.25. The molecule has 0 N–H and O–H groups in total. The van der Waals surface area contributed by atoms with E-state index in [0.29, 0.717) is 15.6 Å². The second-order valence-electron chi connectivity index (χ2n) is 2.97. The molecular weight excluding hydrogens is 318 g/mol. The van der Waals surface area contributed by atoms with Crippen molar-refractivity contribution in [2.24, 2.45) is 0 Å². The average molecular weight is 322 g/mol. The summed E-state index contributed by atoms with van der Waals surface area (Å²) in [7, 11) is 0. The summed E-state index contributed by atoms with van der Waals surface area (Å²) in [6, 6.07) is 6.37. The zero-order valence-electron chi connectivity index (χ0n) is 7.72. The highest BCUT2D eigenvalue weighted by molar-refractivity contribution is 9.10. The molecule has 0 amide bonds. The van der Waals surface area contributed by atoms with Gasteiger partial charge in [-0.25, -0.2) is 4.39 Å². The van der Waals surface area contributed by atoms with Crippen molar-refractivity contribution in [2.45, 2.75) is 0 Å². The molecule has 0 aliphatic rings. The summed E-state index contributed by atoms with van der Waals surface area (Å²) in [5.74, 6) is -0.409. The largest absolute Gasteiger partial charge is 0.205 e. The second kappa shape index (κ2) is 4.65. The maximum Gasteiger partial charge on any atom is 0.159 e. The van der Waals surface area contributed by atoms with Gasteiger partial charge in [-0.15, -0.1) is 10.2 Å². The van der Waals surface area contributed by atoms with E-state index in [1.807, 2.05) is 0 Å². The van der Waals surface area contributed by atoms with Crippen LogP contribution < -0.4 is 0 Å². The predicted octanol–water partition coefficient (Wildman–Crippen LogP) is 4.35. The quantitative estimate of drug-likeness (QED) is 0.780. The standard InChI is InChI=1S/C10H4BrCl2FN2/c11-7-3-1-2-5(9(7)14)6-4-8(12)15-16-10(6)13/h1-4H. The van der Waals surface area contributed by atoms with Gasteiger partial charge in [0, 0.05) is 11.1 Å². The molecule has 2 nitrogen and oxygen atoms in total. The Morgan fingerprint density at radius 1 is 1.12 bits per heavy atom. The van der Waals surface area contributed by atoms with Gasteiger partial charge in [0.15, 0.2) is 10.3 Å². The fourth-order valence-corrected chi connectivity index (χ4v) is 1.96. The first-order valence-electron chi connectivity index (χ1n) is 4.22. The lowest BCUT2D eigenvalue weighted by molar-refractivity contribution is 0.624. The number of benzene rings is 1. The number of aromatic nitrogens is 2. The molecule has 0 saturated heterocycles. The normalized spacial score (nSPS) is 10.5. The van der Waals surface area contributed by atoms with Crippen LogP contribution in [0.1, 0.15) is 0 Å². The molecule has 0 atom stereocenters. The Balaban J connectivity index is 2.67. The fraction of sp³-hybridized carbons (Fsp3) is 0. The lowest BCUT2D eigenvalue weighted by atomic mass is 10.1. The number of rotatable bonds is 1.